The Morgan fingerprint density at radius 3 is 2.92 bits per heavy atom. The van der Waals surface area contributed by atoms with Gasteiger partial charge >= 0.3 is 0 Å². The minimum absolute atomic E-state index is 0.0410. The van der Waals surface area contributed by atoms with Crippen molar-refractivity contribution in [2.24, 2.45) is 0 Å². The number of nitrogens with zero attached hydrogens (tertiary/aromatic N) is 3. The quantitative estimate of drug-likeness (QED) is 0.806. The standard InChI is InChI=1S/C19H18N4O/c24-19(17-7-3-5-14-4-1-2-6-16(14)17)22-15-8-9-18(21-12-15)23-11-10-20-13-23/h1-2,4,6,8-13,17H,3,5,7H2,(H,22,24). The van der Waals surface area contributed by atoms with Gasteiger partial charge < -0.3 is 5.32 Å². The Morgan fingerprint density at radius 1 is 1.21 bits per heavy atom. The van der Waals surface area contributed by atoms with Crippen molar-refractivity contribution in [1.29, 1.82) is 0 Å². The van der Waals surface area contributed by atoms with E-state index in [1.807, 2.05) is 35.0 Å². The van der Waals surface area contributed by atoms with Crippen LogP contribution in [0.4, 0.5) is 5.69 Å². The van der Waals surface area contributed by atoms with Gasteiger partial charge in [0.2, 0.25) is 5.91 Å². The van der Waals surface area contributed by atoms with Gasteiger partial charge in [0.15, 0.2) is 0 Å². The van der Waals surface area contributed by atoms with Crippen LogP contribution in [0, 0.1) is 0 Å². The third-order valence-corrected chi connectivity index (χ3v) is 4.47. The maximum atomic E-state index is 12.7. The van der Waals surface area contributed by atoms with Gasteiger partial charge in [0, 0.05) is 12.4 Å². The Morgan fingerprint density at radius 2 is 2.12 bits per heavy atom. The van der Waals surface area contributed by atoms with Crippen LogP contribution in [0.25, 0.3) is 5.82 Å². The number of fused-ring (bicyclic) bond motifs is 1. The van der Waals surface area contributed by atoms with E-state index in [-0.39, 0.29) is 11.8 Å². The van der Waals surface area contributed by atoms with Crippen LogP contribution >= 0.6 is 0 Å². The van der Waals surface area contributed by atoms with Crippen molar-refractivity contribution in [2.75, 3.05) is 5.32 Å². The first-order chi connectivity index (χ1) is 11.8. The highest BCUT2D eigenvalue weighted by molar-refractivity contribution is 5.96. The molecule has 24 heavy (non-hydrogen) atoms. The molecule has 1 aliphatic carbocycles. The van der Waals surface area contributed by atoms with Crippen molar-refractivity contribution in [3.05, 3.63) is 72.4 Å². The van der Waals surface area contributed by atoms with E-state index < -0.39 is 0 Å². The molecule has 0 aliphatic heterocycles. The molecule has 120 valence electrons. The summed E-state index contributed by atoms with van der Waals surface area (Å²) < 4.78 is 1.82. The molecule has 2 heterocycles. The number of carbonyl (C=O) groups is 1. The number of hydrogen-bond donors (Lipinski definition) is 1. The zero-order valence-electron chi connectivity index (χ0n) is 13.2. The van der Waals surface area contributed by atoms with Crippen LogP contribution in [-0.4, -0.2) is 20.4 Å². The van der Waals surface area contributed by atoms with Gasteiger partial charge in [0.25, 0.3) is 0 Å². The summed E-state index contributed by atoms with van der Waals surface area (Å²) in [5.74, 6) is 0.733. The van der Waals surface area contributed by atoms with E-state index in [1.54, 1.807) is 18.7 Å². The van der Waals surface area contributed by atoms with Crippen LogP contribution in [-0.2, 0) is 11.2 Å². The number of hydrogen-bond acceptors (Lipinski definition) is 3. The number of amides is 1. The zero-order chi connectivity index (χ0) is 16.4. The molecule has 5 heteroatoms. The van der Waals surface area contributed by atoms with Crippen molar-refractivity contribution in [2.45, 2.75) is 25.2 Å². The van der Waals surface area contributed by atoms with Crippen molar-refractivity contribution in [1.82, 2.24) is 14.5 Å². The highest BCUT2D eigenvalue weighted by Crippen LogP contribution is 2.32. The van der Waals surface area contributed by atoms with Crippen molar-refractivity contribution in [3.63, 3.8) is 0 Å². The van der Waals surface area contributed by atoms with Gasteiger partial charge in [-0.1, -0.05) is 24.3 Å². The molecule has 1 aliphatic rings. The molecule has 1 aromatic carbocycles. The fourth-order valence-electron chi connectivity index (χ4n) is 3.26. The first kappa shape index (κ1) is 14.6. The molecular weight excluding hydrogens is 300 g/mol. The van der Waals surface area contributed by atoms with Crippen molar-refractivity contribution in [3.8, 4) is 5.82 Å². The number of imidazole rings is 1. The van der Waals surface area contributed by atoms with Crippen LogP contribution in [0.1, 0.15) is 29.9 Å². The second kappa shape index (κ2) is 6.28. The molecule has 1 atom stereocenters. The van der Waals surface area contributed by atoms with Crippen LogP contribution < -0.4 is 5.32 Å². The SMILES string of the molecule is O=C(Nc1ccc(-n2ccnc2)nc1)C1CCCc2ccccc21. The number of carbonyl (C=O) groups excluding carboxylic acids is 1. The van der Waals surface area contributed by atoms with E-state index >= 15 is 0 Å². The molecule has 0 saturated heterocycles. The number of rotatable bonds is 3. The third-order valence-electron chi connectivity index (χ3n) is 4.47. The van der Waals surface area contributed by atoms with Crippen LogP contribution in [0.5, 0.6) is 0 Å². The third kappa shape index (κ3) is 2.80. The number of pyridine rings is 1. The predicted molar refractivity (Wildman–Crippen MR) is 92.1 cm³/mol. The number of benzene rings is 1. The molecule has 1 N–H and O–H groups in total. The first-order valence-corrected chi connectivity index (χ1v) is 8.14. The van der Waals surface area contributed by atoms with Gasteiger partial charge in [-0.05, 0) is 42.5 Å². The van der Waals surface area contributed by atoms with Gasteiger partial charge in [-0.2, -0.15) is 0 Å². The summed E-state index contributed by atoms with van der Waals surface area (Å²) in [6, 6.07) is 12.0. The summed E-state index contributed by atoms with van der Waals surface area (Å²) in [6.07, 6.45) is 9.91. The van der Waals surface area contributed by atoms with E-state index in [2.05, 4.69) is 27.4 Å². The lowest BCUT2D eigenvalue weighted by atomic mass is 9.82. The molecule has 2 aromatic heterocycles. The summed E-state index contributed by atoms with van der Waals surface area (Å²) in [7, 11) is 0. The molecule has 0 fully saturated rings. The molecule has 1 amide bonds. The van der Waals surface area contributed by atoms with Gasteiger partial charge in [-0.25, -0.2) is 9.97 Å². The fraction of sp³-hybridized carbons (Fsp3) is 0.211. The second-order valence-corrected chi connectivity index (χ2v) is 6.01. The van der Waals surface area contributed by atoms with Gasteiger partial charge in [-0.15, -0.1) is 0 Å². The maximum absolute atomic E-state index is 12.7. The van der Waals surface area contributed by atoms with E-state index in [0.717, 1.165) is 30.6 Å². The molecule has 0 saturated carbocycles. The van der Waals surface area contributed by atoms with Gasteiger partial charge in [0.05, 0.1) is 17.8 Å². The molecule has 0 radical (unpaired) electrons. The number of anilines is 1. The topological polar surface area (TPSA) is 59.8 Å². The summed E-state index contributed by atoms with van der Waals surface area (Å²) in [5, 5.41) is 3.00. The van der Waals surface area contributed by atoms with Crippen LogP contribution in [0.15, 0.2) is 61.3 Å². The number of nitrogens with one attached hydrogen (secondary N) is 1. The van der Waals surface area contributed by atoms with E-state index in [1.165, 1.54) is 5.56 Å². The minimum Gasteiger partial charge on any atom is -0.324 e. The largest absolute Gasteiger partial charge is 0.324 e. The molecule has 0 bridgehead atoms. The van der Waals surface area contributed by atoms with E-state index in [0.29, 0.717) is 5.69 Å². The highest BCUT2D eigenvalue weighted by Gasteiger charge is 2.26. The van der Waals surface area contributed by atoms with Crippen LogP contribution in [0.2, 0.25) is 0 Å². The summed E-state index contributed by atoms with van der Waals surface area (Å²) in [6.45, 7) is 0. The van der Waals surface area contributed by atoms with E-state index in [4.69, 9.17) is 0 Å². The highest BCUT2D eigenvalue weighted by atomic mass is 16.1. The second-order valence-electron chi connectivity index (χ2n) is 6.01. The predicted octanol–water partition coefficient (Wildman–Crippen LogP) is 3.33. The first-order valence-electron chi connectivity index (χ1n) is 8.14. The van der Waals surface area contributed by atoms with Gasteiger partial charge in [0.1, 0.15) is 12.1 Å². The normalized spacial score (nSPS) is 16.4. The molecular formula is C19H18N4O. The fourth-order valence-corrected chi connectivity index (χ4v) is 3.26. The molecule has 0 spiro atoms. The smallest absolute Gasteiger partial charge is 0.231 e. The Balaban J connectivity index is 1.51. The summed E-state index contributed by atoms with van der Waals surface area (Å²) >= 11 is 0. The molecule has 4 rings (SSSR count). The van der Waals surface area contributed by atoms with Gasteiger partial charge in [-0.3, -0.25) is 9.36 Å². The van der Waals surface area contributed by atoms with Crippen LogP contribution in [0.3, 0.4) is 0 Å². The Hall–Kier alpha value is -2.95. The van der Waals surface area contributed by atoms with Crippen molar-refractivity contribution < 1.29 is 4.79 Å². The Bertz CT molecular complexity index is 840. The average Bonchev–Trinajstić information content (AvgIpc) is 3.16. The minimum atomic E-state index is -0.0803. The lowest BCUT2D eigenvalue weighted by Gasteiger charge is -2.24. The monoisotopic (exact) mass is 318 g/mol. The maximum Gasteiger partial charge on any atom is 0.231 e. The van der Waals surface area contributed by atoms with E-state index in [9.17, 15) is 4.79 Å². The number of aryl methyl sites for hydroxylation is 1. The molecule has 5 nitrogen and oxygen atoms in total. The average molecular weight is 318 g/mol. The number of aromatic nitrogens is 3. The lowest BCUT2D eigenvalue weighted by Crippen LogP contribution is -2.24. The summed E-state index contributed by atoms with van der Waals surface area (Å²) in [4.78, 5) is 21.1. The summed E-state index contributed by atoms with van der Waals surface area (Å²) in [5.41, 5.74) is 3.16. The zero-order valence-corrected chi connectivity index (χ0v) is 13.2. The molecule has 1 unspecified atom stereocenters. The lowest BCUT2D eigenvalue weighted by molar-refractivity contribution is -0.117. The Kier molecular flexibility index (Phi) is 3.83. The Labute approximate surface area is 140 Å². The molecule has 3 aromatic rings. The van der Waals surface area contributed by atoms with Crippen molar-refractivity contribution >= 4 is 11.6 Å².